The minimum absolute atomic E-state index is 0.138. The van der Waals surface area contributed by atoms with E-state index in [1.807, 2.05) is 6.07 Å². The molecule has 0 fully saturated rings. The monoisotopic (exact) mass is 252 g/mol. The quantitative estimate of drug-likeness (QED) is 0.838. The summed E-state index contributed by atoms with van der Waals surface area (Å²) in [5.74, 6) is 0. The fourth-order valence-corrected chi connectivity index (χ4v) is 1.61. The Balaban J connectivity index is 2.54. The van der Waals surface area contributed by atoms with Crippen LogP contribution in [0.1, 0.15) is 11.1 Å². The summed E-state index contributed by atoms with van der Waals surface area (Å²) in [5.41, 5.74) is -0.119. The molecule has 6 nitrogen and oxygen atoms in total. The van der Waals surface area contributed by atoms with E-state index in [1.165, 1.54) is 10.8 Å². The van der Waals surface area contributed by atoms with Crippen molar-refractivity contribution in [3.63, 3.8) is 0 Å². The average Bonchev–Trinajstić information content (AvgIpc) is 2.41. The van der Waals surface area contributed by atoms with Gasteiger partial charge in [0.15, 0.2) is 0 Å². The van der Waals surface area contributed by atoms with E-state index < -0.39 is 11.2 Å². The first-order chi connectivity index (χ1) is 9.15. The van der Waals surface area contributed by atoms with Crippen molar-refractivity contribution in [2.75, 3.05) is 0 Å². The van der Waals surface area contributed by atoms with Crippen molar-refractivity contribution < 1.29 is 0 Å². The van der Waals surface area contributed by atoms with Crippen LogP contribution in [0.25, 0.3) is 5.69 Å². The van der Waals surface area contributed by atoms with Gasteiger partial charge in [0.2, 0.25) is 0 Å². The topological polar surface area (TPSA) is 102 Å². The highest BCUT2D eigenvalue weighted by atomic mass is 16.2. The molecule has 1 aromatic carbocycles. The number of H-pyrrole nitrogens is 1. The third-order valence-electron chi connectivity index (χ3n) is 2.56. The molecule has 2 aromatic rings. The van der Waals surface area contributed by atoms with Gasteiger partial charge in [0.1, 0.15) is 11.6 Å². The molecule has 1 N–H and O–H groups in total. The molecular weight excluding hydrogens is 244 g/mol. The lowest BCUT2D eigenvalue weighted by molar-refractivity contribution is 0.888. The fraction of sp³-hybridized carbons (Fsp3) is 0.0769. The van der Waals surface area contributed by atoms with Gasteiger partial charge in [0.05, 0.1) is 18.2 Å². The zero-order valence-electron chi connectivity index (χ0n) is 9.75. The lowest BCUT2D eigenvalue weighted by Crippen LogP contribution is -2.30. The molecule has 2 rings (SSSR count). The molecule has 19 heavy (non-hydrogen) atoms. The Morgan fingerprint density at radius 3 is 2.42 bits per heavy atom. The summed E-state index contributed by atoms with van der Waals surface area (Å²) >= 11 is 0. The van der Waals surface area contributed by atoms with E-state index in [0.29, 0.717) is 5.69 Å². The number of nitrogens with one attached hydrogen (secondary N) is 1. The first kappa shape index (κ1) is 12.3. The van der Waals surface area contributed by atoms with Gasteiger partial charge in [-0.1, -0.05) is 12.1 Å². The van der Waals surface area contributed by atoms with E-state index in [1.54, 1.807) is 30.3 Å². The van der Waals surface area contributed by atoms with E-state index in [0.717, 1.165) is 5.56 Å². The normalized spacial score (nSPS) is 9.58. The minimum atomic E-state index is -0.704. The van der Waals surface area contributed by atoms with Crippen molar-refractivity contribution in [1.29, 1.82) is 10.5 Å². The van der Waals surface area contributed by atoms with Crippen molar-refractivity contribution in [2.24, 2.45) is 0 Å². The number of hydrogen-bond donors (Lipinski definition) is 1. The Hall–Kier alpha value is -3.12. The van der Waals surface area contributed by atoms with Crippen molar-refractivity contribution in [3.8, 4) is 17.8 Å². The van der Waals surface area contributed by atoms with Gasteiger partial charge in [-0.3, -0.25) is 14.3 Å². The highest BCUT2D eigenvalue weighted by molar-refractivity contribution is 5.37. The van der Waals surface area contributed by atoms with Gasteiger partial charge >= 0.3 is 5.69 Å². The smallest absolute Gasteiger partial charge is 0.273 e. The van der Waals surface area contributed by atoms with Crippen LogP contribution in [-0.2, 0) is 6.42 Å². The molecule has 0 aliphatic carbocycles. The van der Waals surface area contributed by atoms with E-state index in [9.17, 15) is 9.59 Å². The number of benzene rings is 1. The maximum atomic E-state index is 11.7. The van der Waals surface area contributed by atoms with Gasteiger partial charge in [-0.2, -0.15) is 10.5 Å². The van der Waals surface area contributed by atoms with Gasteiger partial charge in [0, 0.05) is 6.20 Å². The van der Waals surface area contributed by atoms with Crippen molar-refractivity contribution in [3.05, 3.63) is 62.4 Å². The minimum Gasteiger partial charge on any atom is -0.273 e. The molecule has 0 saturated carbocycles. The van der Waals surface area contributed by atoms with E-state index in [4.69, 9.17) is 10.5 Å². The van der Waals surface area contributed by atoms with Crippen molar-refractivity contribution in [2.45, 2.75) is 6.42 Å². The molecule has 6 heteroatoms. The van der Waals surface area contributed by atoms with Crippen LogP contribution >= 0.6 is 0 Å². The van der Waals surface area contributed by atoms with Crippen LogP contribution in [0.5, 0.6) is 0 Å². The standard InChI is InChI=1S/C13H8N4O2/c14-6-5-9-1-3-11(4-2-9)17-8-10(7-15)12(18)16-13(17)19/h1-4,8H,5H2,(H,16,18,19). The van der Waals surface area contributed by atoms with Gasteiger partial charge in [-0.05, 0) is 17.7 Å². The van der Waals surface area contributed by atoms with Gasteiger partial charge < -0.3 is 0 Å². The molecule has 1 heterocycles. The third kappa shape index (κ3) is 2.43. The Morgan fingerprint density at radius 1 is 1.16 bits per heavy atom. The summed E-state index contributed by atoms with van der Waals surface area (Å²) in [6, 6.07) is 10.5. The molecule has 0 aliphatic heterocycles. The lowest BCUT2D eigenvalue weighted by atomic mass is 10.1. The number of aromatic amines is 1. The van der Waals surface area contributed by atoms with Crippen LogP contribution in [0.4, 0.5) is 0 Å². The second-order valence-corrected chi connectivity index (χ2v) is 3.79. The van der Waals surface area contributed by atoms with Gasteiger partial charge in [-0.25, -0.2) is 4.79 Å². The van der Waals surface area contributed by atoms with E-state index >= 15 is 0 Å². The number of hydrogen-bond acceptors (Lipinski definition) is 4. The van der Waals surface area contributed by atoms with Crippen LogP contribution in [-0.4, -0.2) is 9.55 Å². The molecule has 0 spiro atoms. The van der Waals surface area contributed by atoms with E-state index in [2.05, 4.69) is 4.98 Å². The van der Waals surface area contributed by atoms with E-state index in [-0.39, 0.29) is 12.0 Å². The largest absolute Gasteiger partial charge is 0.332 e. The molecule has 0 bridgehead atoms. The number of nitriles is 2. The van der Waals surface area contributed by atoms with Gasteiger partial charge in [0.25, 0.3) is 5.56 Å². The average molecular weight is 252 g/mol. The maximum absolute atomic E-state index is 11.7. The predicted octanol–water partition coefficient (Wildman–Crippen LogP) is 0.464. The summed E-state index contributed by atoms with van der Waals surface area (Å²) in [7, 11) is 0. The van der Waals surface area contributed by atoms with Crippen molar-refractivity contribution in [1.82, 2.24) is 9.55 Å². The Labute approximate surface area is 107 Å². The number of rotatable bonds is 2. The molecule has 0 atom stereocenters. The summed E-state index contributed by atoms with van der Waals surface area (Å²) < 4.78 is 1.18. The van der Waals surface area contributed by atoms with Crippen LogP contribution in [0, 0.1) is 22.7 Å². The zero-order valence-corrected chi connectivity index (χ0v) is 9.75. The summed E-state index contributed by atoms with van der Waals surface area (Å²) in [4.78, 5) is 25.0. The van der Waals surface area contributed by atoms with Crippen LogP contribution in [0.3, 0.4) is 0 Å². The van der Waals surface area contributed by atoms with Crippen molar-refractivity contribution >= 4 is 0 Å². The molecule has 0 aliphatic rings. The summed E-state index contributed by atoms with van der Waals surface area (Å²) in [6.45, 7) is 0. The lowest BCUT2D eigenvalue weighted by Gasteiger charge is -2.05. The summed E-state index contributed by atoms with van der Waals surface area (Å²) in [6.07, 6.45) is 1.48. The molecule has 92 valence electrons. The second-order valence-electron chi connectivity index (χ2n) is 3.79. The first-order valence-corrected chi connectivity index (χ1v) is 5.38. The highest BCUT2D eigenvalue weighted by Gasteiger charge is 2.05. The Morgan fingerprint density at radius 2 is 1.84 bits per heavy atom. The highest BCUT2D eigenvalue weighted by Crippen LogP contribution is 2.08. The molecular formula is C13H8N4O2. The van der Waals surface area contributed by atoms with Crippen LogP contribution < -0.4 is 11.2 Å². The fourth-order valence-electron chi connectivity index (χ4n) is 1.61. The van der Waals surface area contributed by atoms with Crippen LogP contribution in [0.15, 0.2) is 40.1 Å². The number of nitrogens with zero attached hydrogens (tertiary/aromatic N) is 3. The molecule has 1 aromatic heterocycles. The third-order valence-corrected chi connectivity index (χ3v) is 2.56. The summed E-state index contributed by atoms with van der Waals surface area (Å²) in [5, 5.41) is 17.3. The SMILES string of the molecule is N#CCc1ccc(-n2cc(C#N)c(=O)[nH]c2=O)cc1. The maximum Gasteiger partial charge on any atom is 0.332 e. The Kier molecular flexibility index (Phi) is 3.26. The molecule has 0 radical (unpaired) electrons. The zero-order chi connectivity index (χ0) is 13.8. The van der Waals surface area contributed by atoms with Crippen LogP contribution in [0.2, 0.25) is 0 Å². The Bertz CT molecular complexity index is 801. The number of aromatic nitrogens is 2. The molecule has 0 amide bonds. The van der Waals surface area contributed by atoms with Gasteiger partial charge in [-0.15, -0.1) is 0 Å². The molecule has 0 saturated heterocycles. The first-order valence-electron chi connectivity index (χ1n) is 5.38. The second kappa shape index (κ2) is 5.03. The predicted molar refractivity (Wildman–Crippen MR) is 66.7 cm³/mol. The molecule has 0 unspecified atom stereocenters.